The lowest BCUT2D eigenvalue weighted by atomic mass is 10.1. The standard InChI is InChI=1S/C18H20F2N2O2/c1-12(15-4-3-5-16(10-15)24-18(19)20)22-11-13-6-8-14(9-7-13)17(23)21-2/h3-10,12,18,22H,11H2,1-2H3,(H,21,23). The zero-order chi connectivity index (χ0) is 17.5. The highest BCUT2D eigenvalue weighted by Crippen LogP contribution is 2.21. The van der Waals surface area contributed by atoms with Gasteiger partial charge in [-0.25, -0.2) is 0 Å². The minimum atomic E-state index is -2.83. The average molecular weight is 334 g/mol. The van der Waals surface area contributed by atoms with Gasteiger partial charge < -0.3 is 15.4 Å². The Morgan fingerprint density at radius 2 is 1.88 bits per heavy atom. The molecule has 4 nitrogen and oxygen atoms in total. The summed E-state index contributed by atoms with van der Waals surface area (Å²) in [6.07, 6.45) is 0. The van der Waals surface area contributed by atoms with Crippen LogP contribution in [0.3, 0.4) is 0 Å². The van der Waals surface area contributed by atoms with Gasteiger partial charge in [0.1, 0.15) is 5.75 Å². The van der Waals surface area contributed by atoms with Crippen molar-refractivity contribution >= 4 is 5.91 Å². The van der Waals surface area contributed by atoms with Crippen LogP contribution in [0.4, 0.5) is 8.78 Å². The first kappa shape index (κ1) is 17.9. The van der Waals surface area contributed by atoms with Crippen LogP contribution in [0.5, 0.6) is 5.75 Å². The molecule has 2 aromatic carbocycles. The Morgan fingerprint density at radius 3 is 2.50 bits per heavy atom. The molecule has 24 heavy (non-hydrogen) atoms. The summed E-state index contributed by atoms with van der Waals surface area (Å²) in [4.78, 5) is 11.5. The predicted molar refractivity (Wildman–Crippen MR) is 88.2 cm³/mol. The second-order valence-electron chi connectivity index (χ2n) is 5.33. The number of halogens is 2. The van der Waals surface area contributed by atoms with Crippen LogP contribution in [0.2, 0.25) is 0 Å². The summed E-state index contributed by atoms with van der Waals surface area (Å²) in [5.41, 5.74) is 2.48. The summed E-state index contributed by atoms with van der Waals surface area (Å²) in [5, 5.41) is 5.89. The third-order valence-corrected chi connectivity index (χ3v) is 3.64. The Labute approximate surface area is 139 Å². The fourth-order valence-electron chi connectivity index (χ4n) is 2.27. The van der Waals surface area contributed by atoms with Crippen LogP contribution in [0, 0.1) is 0 Å². The maximum Gasteiger partial charge on any atom is 0.387 e. The molecule has 0 aliphatic carbocycles. The summed E-state index contributed by atoms with van der Waals surface area (Å²) in [6, 6.07) is 13.9. The van der Waals surface area contributed by atoms with Crippen LogP contribution >= 0.6 is 0 Å². The van der Waals surface area contributed by atoms with Crippen LogP contribution in [-0.2, 0) is 6.54 Å². The van der Waals surface area contributed by atoms with Crippen molar-refractivity contribution in [2.75, 3.05) is 7.05 Å². The molecule has 1 atom stereocenters. The normalized spacial score (nSPS) is 12.0. The molecule has 2 N–H and O–H groups in total. The van der Waals surface area contributed by atoms with Gasteiger partial charge in [0.2, 0.25) is 0 Å². The van der Waals surface area contributed by atoms with E-state index in [1.54, 1.807) is 31.3 Å². The van der Waals surface area contributed by atoms with Crippen molar-refractivity contribution in [3.63, 3.8) is 0 Å². The van der Waals surface area contributed by atoms with Gasteiger partial charge in [0, 0.05) is 25.2 Å². The van der Waals surface area contributed by atoms with Gasteiger partial charge in [-0.15, -0.1) is 0 Å². The smallest absolute Gasteiger partial charge is 0.387 e. The summed E-state index contributed by atoms with van der Waals surface area (Å²) in [7, 11) is 1.59. The van der Waals surface area contributed by atoms with E-state index in [-0.39, 0.29) is 17.7 Å². The maximum atomic E-state index is 12.3. The largest absolute Gasteiger partial charge is 0.435 e. The highest BCUT2D eigenvalue weighted by atomic mass is 19.3. The Bertz CT molecular complexity index is 675. The number of benzene rings is 2. The fraction of sp³-hybridized carbons (Fsp3) is 0.278. The van der Waals surface area contributed by atoms with Crippen molar-refractivity contribution in [3.8, 4) is 5.75 Å². The molecule has 0 fully saturated rings. The molecule has 128 valence electrons. The number of hydrogen-bond donors (Lipinski definition) is 2. The van der Waals surface area contributed by atoms with Crippen LogP contribution in [0.25, 0.3) is 0 Å². The van der Waals surface area contributed by atoms with E-state index in [1.165, 1.54) is 6.07 Å². The molecule has 0 saturated heterocycles. The lowest BCUT2D eigenvalue weighted by Crippen LogP contribution is -2.19. The first-order chi connectivity index (χ1) is 11.5. The number of hydrogen-bond acceptors (Lipinski definition) is 3. The molecule has 0 radical (unpaired) electrons. The molecular weight excluding hydrogens is 314 g/mol. The zero-order valence-electron chi connectivity index (χ0n) is 13.6. The summed E-state index contributed by atoms with van der Waals surface area (Å²) < 4.78 is 29.0. The Kier molecular flexibility index (Phi) is 6.26. The molecule has 0 aliphatic heterocycles. The van der Waals surface area contributed by atoms with Gasteiger partial charge in [0.25, 0.3) is 5.91 Å². The summed E-state index contributed by atoms with van der Waals surface area (Å²) in [5.74, 6) is 0.0183. The van der Waals surface area contributed by atoms with Crippen molar-refractivity contribution in [3.05, 3.63) is 65.2 Å². The van der Waals surface area contributed by atoms with Gasteiger partial charge in [-0.3, -0.25) is 4.79 Å². The van der Waals surface area contributed by atoms with Crippen molar-refractivity contribution in [1.82, 2.24) is 10.6 Å². The minimum absolute atomic E-state index is 0.0372. The van der Waals surface area contributed by atoms with Crippen molar-refractivity contribution < 1.29 is 18.3 Å². The molecule has 0 heterocycles. The van der Waals surface area contributed by atoms with Gasteiger partial charge in [-0.2, -0.15) is 8.78 Å². The molecule has 2 aromatic rings. The van der Waals surface area contributed by atoms with Crippen LogP contribution < -0.4 is 15.4 Å². The Balaban J connectivity index is 1.95. The van der Waals surface area contributed by atoms with E-state index in [0.717, 1.165) is 11.1 Å². The van der Waals surface area contributed by atoms with Crippen LogP contribution in [0.15, 0.2) is 48.5 Å². The lowest BCUT2D eigenvalue weighted by molar-refractivity contribution is -0.0499. The molecule has 6 heteroatoms. The number of alkyl halides is 2. The highest BCUT2D eigenvalue weighted by Gasteiger charge is 2.09. The summed E-state index contributed by atoms with van der Waals surface area (Å²) in [6.45, 7) is -0.294. The number of rotatable bonds is 7. The van der Waals surface area contributed by atoms with Crippen LogP contribution in [-0.4, -0.2) is 19.6 Å². The molecule has 0 bridgehead atoms. The maximum absolute atomic E-state index is 12.3. The van der Waals surface area contributed by atoms with Gasteiger partial charge in [0.15, 0.2) is 0 Å². The third kappa shape index (κ3) is 5.03. The molecule has 0 aliphatic rings. The fourth-order valence-corrected chi connectivity index (χ4v) is 2.27. The Morgan fingerprint density at radius 1 is 1.17 bits per heavy atom. The van der Waals surface area contributed by atoms with E-state index in [0.29, 0.717) is 12.1 Å². The van der Waals surface area contributed by atoms with Crippen molar-refractivity contribution in [1.29, 1.82) is 0 Å². The zero-order valence-corrected chi connectivity index (χ0v) is 13.6. The topological polar surface area (TPSA) is 50.4 Å². The van der Waals surface area contributed by atoms with E-state index in [4.69, 9.17) is 0 Å². The van der Waals surface area contributed by atoms with E-state index < -0.39 is 6.61 Å². The Hall–Kier alpha value is -2.47. The van der Waals surface area contributed by atoms with Crippen molar-refractivity contribution in [2.45, 2.75) is 26.1 Å². The predicted octanol–water partition coefficient (Wildman–Crippen LogP) is 3.50. The number of carbonyl (C=O) groups excluding carboxylic acids is 1. The van der Waals surface area contributed by atoms with Gasteiger partial charge in [-0.1, -0.05) is 24.3 Å². The van der Waals surface area contributed by atoms with E-state index in [9.17, 15) is 13.6 Å². The lowest BCUT2D eigenvalue weighted by Gasteiger charge is -2.15. The first-order valence-corrected chi connectivity index (χ1v) is 7.58. The molecule has 0 spiro atoms. The molecular formula is C18H20F2N2O2. The molecule has 0 aromatic heterocycles. The number of ether oxygens (including phenoxy) is 1. The second-order valence-corrected chi connectivity index (χ2v) is 5.33. The summed E-state index contributed by atoms with van der Waals surface area (Å²) >= 11 is 0. The van der Waals surface area contributed by atoms with Crippen LogP contribution in [0.1, 0.15) is 34.5 Å². The second kappa shape index (κ2) is 8.40. The first-order valence-electron chi connectivity index (χ1n) is 7.58. The quantitative estimate of drug-likeness (QED) is 0.815. The SMILES string of the molecule is CNC(=O)c1ccc(CNC(C)c2cccc(OC(F)F)c2)cc1. The number of carbonyl (C=O) groups is 1. The van der Waals surface area contributed by atoms with E-state index >= 15 is 0 Å². The minimum Gasteiger partial charge on any atom is -0.435 e. The number of nitrogens with one attached hydrogen (secondary N) is 2. The molecule has 1 unspecified atom stereocenters. The average Bonchev–Trinajstić information content (AvgIpc) is 2.59. The van der Waals surface area contributed by atoms with Gasteiger partial charge in [-0.05, 0) is 42.3 Å². The van der Waals surface area contributed by atoms with Gasteiger partial charge in [0.05, 0.1) is 0 Å². The number of amides is 1. The molecule has 1 amide bonds. The van der Waals surface area contributed by atoms with E-state index in [2.05, 4.69) is 15.4 Å². The van der Waals surface area contributed by atoms with E-state index in [1.807, 2.05) is 25.1 Å². The third-order valence-electron chi connectivity index (χ3n) is 3.64. The monoisotopic (exact) mass is 334 g/mol. The highest BCUT2D eigenvalue weighted by molar-refractivity contribution is 5.93. The molecule has 0 saturated carbocycles. The van der Waals surface area contributed by atoms with Gasteiger partial charge >= 0.3 is 6.61 Å². The van der Waals surface area contributed by atoms with Crippen molar-refractivity contribution in [2.24, 2.45) is 0 Å². The molecule has 2 rings (SSSR count).